The highest BCUT2D eigenvalue weighted by Crippen LogP contribution is 1.96. The molecule has 13 heavy (non-hydrogen) atoms. The largest absolute Gasteiger partial charge is 0.383 e. The Hall–Kier alpha value is -1.01. The zero-order valence-electron chi connectivity index (χ0n) is 8.19. The Bertz CT molecular complexity index is 249. The molecule has 1 rings (SSSR count). The van der Waals surface area contributed by atoms with E-state index in [0.717, 1.165) is 12.2 Å². The molecule has 0 fully saturated rings. The van der Waals surface area contributed by atoms with Gasteiger partial charge in [-0.3, -0.25) is 0 Å². The summed E-state index contributed by atoms with van der Waals surface area (Å²) in [5.74, 6) is 0.858. The van der Waals surface area contributed by atoms with Gasteiger partial charge in [0.05, 0.1) is 6.61 Å². The van der Waals surface area contributed by atoms with Gasteiger partial charge < -0.3 is 10.1 Å². The predicted molar refractivity (Wildman–Crippen MR) is 47.2 cm³/mol. The lowest BCUT2D eigenvalue weighted by Gasteiger charge is -2.13. The molecule has 0 aliphatic carbocycles. The number of nitrogens with zero attached hydrogens (tertiary/aromatic N) is 4. The Kier molecular flexibility index (Phi) is 3.78. The van der Waals surface area contributed by atoms with Crippen LogP contribution in [0.15, 0.2) is 0 Å². The molecule has 0 aromatic carbocycles. The van der Waals surface area contributed by atoms with Crippen molar-refractivity contribution < 1.29 is 4.74 Å². The molecule has 0 spiro atoms. The highest BCUT2D eigenvalue weighted by Gasteiger charge is 2.10. The molecular weight excluding hydrogens is 170 g/mol. The lowest BCUT2D eigenvalue weighted by Crippen LogP contribution is -2.33. The molecule has 1 aromatic rings. The first-order valence-corrected chi connectivity index (χ1v) is 4.15. The minimum absolute atomic E-state index is 0.259. The second-order valence-corrected chi connectivity index (χ2v) is 2.86. The van der Waals surface area contributed by atoms with E-state index in [0.29, 0.717) is 6.61 Å². The van der Waals surface area contributed by atoms with E-state index in [4.69, 9.17) is 4.74 Å². The lowest BCUT2D eigenvalue weighted by atomic mass is 10.2. The number of hydrogen-bond donors (Lipinski definition) is 1. The van der Waals surface area contributed by atoms with Crippen LogP contribution >= 0.6 is 0 Å². The van der Waals surface area contributed by atoms with E-state index in [1.807, 2.05) is 14.1 Å². The Morgan fingerprint density at radius 3 is 2.85 bits per heavy atom. The Labute approximate surface area is 77.3 Å². The van der Waals surface area contributed by atoms with E-state index in [-0.39, 0.29) is 6.04 Å². The van der Waals surface area contributed by atoms with Crippen molar-refractivity contribution in [2.45, 2.75) is 12.5 Å². The highest BCUT2D eigenvalue weighted by molar-refractivity contribution is 4.85. The van der Waals surface area contributed by atoms with Crippen LogP contribution in [-0.4, -0.2) is 47.0 Å². The lowest BCUT2D eigenvalue weighted by molar-refractivity contribution is 0.168. The van der Waals surface area contributed by atoms with E-state index >= 15 is 0 Å². The number of nitrogens with one attached hydrogen (secondary N) is 1. The van der Waals surface area contributed by atoms with Crippen LogP contribution in [0.1, 0.15) is 5.82 Å². The van der Waals surface area contributed by atoms with Crippen LogP contribution < -0.4 is 5.32 Å². The van der Waals surface area contributed by atoms with Gasteiger partial charge in [0.15, 0.2) is 5.82 Å². The number of likely N-dealkylation sites (N-methyl/N-ethyl adjacent to an activating group) is 1. The first-order valence-electron chi connectivity index (χ1n) is 4.15. The Morgan fingerprint density at radius 2 is 2.38 bits per heavy atom. The van der Waals surface area contributed by atoms with Crippen molar-refractivity contribution in [1.82, 2.24) is 25.5 Å². The van der Waals surface area contributed by atoms with Gasteiger partial charge in [0, 0.05) is 26.6 Å². The third-order valence-electron chi connectivity index (χ3n) is 1.91. The van der Waals surface area contributed by atoms with Crippen LogP contribution in [0, 0.1) is 0 Å². The average Bonchev–Trinajstić information content (AvgIpc) is 2.51. The van der Waals surface area contributed by atoms with Gasteiger partial charge in [0.25, 0.3) is 0 Å². The van der Waals surface area contributed by atoms with Crippen LogP contribution in [-0.2, 0) is 18.2 Å². The maximum Gasteiger partial charge on any atom is 0.152 e. The maximum absolute atomic E-state index is 5.04. The van der Waals surface area contributed by atoms with Crippen molar-refractivity contribution in [2.75, 3.05) is 20.8 Å². The fourth-order valence-electron chi connectivity index (χ4n) is 1.09. The monoisotopic (exact) mass is 185 g/mol. The van der Waals surface area contributed by atoms with Gasteiger partial charge >= 0.3 is 0 Å². The van der Waals surface area contributed by atoms with Crippen molar-refractivity contribution in [3.05, 3.63) is 5.82 Å². The van der Waals surface area contributed by atoms with E-state index < -0.39 is 0 Å². The fourth-order valence-corrected chi connectivity index (χ4v) is 1.09. The summed E-state index contributed by atoms with van der Waals surface area (Å²) in [6, 6.07) is 0.259. The van der Waals surface area contributed by atoms with Crippen LogP contribution in [0.3, 0.4) is 0 Å². The molecule has 1 N–H and O–H groups in total. The summed E-state index contributed by atoms with van der Waals surface area (Å²) in [6.07, 6.45) is 0.772. The number of tetrazole rings is 1. The van der Waals surface area contributed by atoms with Gasteiger partial charge in [-0.05, 0) is 17.5 Å². The minimum Gasteiger partial charge on any atom is -0.383 e. The summed E-state index contributed by atoms with van der Waals surface area (Å²) < 4.78 is 6.71. The number of methoxy groups -OCH3 is 1. The molecule has 6 heteroatoms. The molecule has 0 aliphatic heterocycles. The van der Waals surface area contributed by atoms with E-state index in [2.05, 4.69) is 20.8 Å². The number of hydrogen-bond acceptors (Lipinski definition) is 5. The van der Waals surface area contributed by atoms with E-state index in [1.165, 1.54) is 0 Å². The Morgan fingerprint density at radius 1 is 1.62 bits per heavy atom. The van der Waals surface area contributed by atoms with Gasteiger partial charge in [-0.1, -0.05) is 0 Å². The molecule has 1 atom stereocenters. The van der Waals surface area contributed by atoms with Crippen LogP contribution in [0.2, 0.25) is 0 Å². The van der Waals surface area contributed by atoms with Crippen molar-refractivity contribution in [1.29, 1.82) is 0 Å². The molecule has 1 aromatic heterocycles. The molecule has 74 valence electrons. The van der Waals surface area contributed by atoms with Gasteiger partial charge in [0.2, 0.25) is 0 Å². The normalized spacial score (nSPS) is 13.2. The fraction of sp³-hybridized carbons (Fsp3) is 0.857. The van der Waals surface area contributed by atoms with Gasteiger partial charge in [0.1, 0.15) is 0 Å². The molecule has 0 aliphatic rings. The highest BCUT2D eigenvalue weighted by atomic mass is 16.5. The Balaban J connectivity index is 2.51. The number of aryl methyl sites for hydroxylation is 1. The van der Waals surface area contributed by atoms with Crippen molar-refractivity contribution in [3.8, 4) is 0 Å². The molecule has 0 saturated carbocycles. The second kappa shape index (κ2) is 4.88. The van der Waals surface area contributed by atoms with Crippen molar-refractivity contribution in [3.63, 3.8) is 0 Å². The smallest absolute Gasteiger partial charge is 0.152 e. The summed E-state index contributed by atoms with van der Waals surface area (Å²) in [5.41, 5.74) is 0. The summed E-state index contributed by atoms with van der Waals surface area (Å²) in [4.78, 5) is 0. The molecular formula is C7H15N5O. The molecule has 1 unspecified atom stereocenters. The maximum atomic E-state index is 5.04. The molecule has 0 saturated heterocycles. The molecule has 0 bridgehead atoms. The summed E-state index contributed by atoms with van der Waals surface area (Å²) in [6.45, 7) is 0.656. The zero-order chi connectivity index (χ0) is 9.68. The third kappa shape index (κ3) is 2.74. The van der Waals surface area contributed by atoms with Crippen molar-refractivity contribution in [2.24, 2.45) is 7.05 Å². The van der Waals surface area contributed by atoms with Gasteiger partial charge in [-0.2, -0.15) is 0 Å². The van der Waals surface area contributed by atoms with Crippen LogP contribution in [0.5, 0.6) is 0 Å². The number of aromatic nitrogens is 4. The molecule has 0 amide bonds. The quantitative estimate of drug-likeness (QED) is 0.636. The second-order valence-electron chi connectivity index (χ2n) is 2.86. The number of rotatable bonds is 5. The summed E-state index contributed by atoms with van der Waals surface area (Å²) in [5, 5.41) is 14.3. The van der Waals surface area contributed by atoms with Crippen LogP contribution in [0.4, 0.5) is 0 Å². The van der Waals surface area contributed by atoms with Gasteiger partial charge in [-0.25, -0.2) is 4.68 Å². The summed E-state index contributed by atoms with van der Waals surface area (Å²) in [7, 11) is 5.40. The third-order valence-corrected chi connectivity index (χ3v) is 1.91. The SMILES string of the molecule is CNC(COC)Cc1nnnn1C. The van der Waals surface area contributed by atoms with E-state index in [9.17, 15) is 0 Å². The first kappa shape index (κ1) is 10.1. The molecule has 1 heterocycles. The average molecular weight is 185 g/mol. The standard InChI is InChI=1S/C7H15N5O/c1-8-6(5-13-3)4-7-9-10-11-12(7)2/h6,8H,4-5H2,1-3H3. The van der Waals surface area contributed by atoms with Crippen molar-refractivity contribution >= 4 is 0 Å². The summed E-state index contributed by atoms with van der Waals surface area (Å²) >= 11 is 0. The topological polar surface area (TPSA) is 64.9 Å². The zero-order valence-corrected chi connectivity index (χ0v) is 8.19. The number of ether oxygens (including phenoxy) is 1. The molecule has 0 radical (unpaired) electrons. The first-order chi connectivity index (χ1) is 6.27. The molecule has 6 nitrogen and oxygen atoms in total. The minimum atomic E-state index is 0.259. The predicted octanol–water partition coefficient (Wildman–Crippen LogP) is -1.01. The van der Waals surface area contributed by atoms with Gasteiger partial charge in [-0.15, -0.1) is 5.10 Å². The van der Waals surface area contributed by atoms with Crippen LogP contribution in [0.25, 0.3) is 0 Å². The van der Waals surface area contributed by atoms with E-state index in [1.54, 1.807) is 11.8 Å².